The number of ether oxygens (including phenoxy) is 1. The third kappa shape index (κ3) is 5.33. The van der Waals surface area contributed by atoms with Crippen LogP contribution in [0.4, 0.5) is 0 Å². The minimum absolute atomic E-state index is 0.0746. The van der Waals surface area contributed by atoms with E-state index in [1.54, 1.807) is 0 Å². The minimum Gasteiger partial charge on any atom is -0.381 e. The highest BCUT2D eigenvalue weighted by Crippen LogP contribution is 2.18. The summed E-state index contributed by atoms with van der Waals surface area (Å²) in [5.41, 5.74) is 1.18. The van der Waals surface area contributed by atoms with Crippen LogP contribution in [0.25, 0.3) is 10.8 Å². The van der Waals surface area contributed by atoms with Gasteiger partial charge in [0.15, 0.2) is 0 Å². The monoisotopic (exact) mass is 336 g/mol. The molecule has 124 valence electrons. The molecular formula is C17H20O5S. The van der Waals surface area contributed by atoms with E-state index in [1.165, 1.54) is 23.3 Å². The van der Waals surface area contributed by atoms with Crippen molar-refractivity contribution in [2.45, 2.75) is 19.8 Å². The van der Waals surface area contributed by atoms with E-state index in [0.717, 1.165) is 6.42 Å². The number of rotatable bonds is 8. The summed E-state index contributed by atoms with van der Waals surface area (Å²) in [5.74, 6) is -1.00. The lowest BCUT2D eigenvalue weighted by Gasteiger charge is -2.07. The first-order valence-electron chi connectivity index (χ1n) is 7.51. The van der Waals surface area contributed by atoms with Crippen LogP contribution in [0.1, 0.15) is 18.9 Å². The molecular weight excluding hydrogens is 316 g/mol. The van der Waals surface area contributed by atoms with Crippen LogP contribution < -0.4 is 0 Å². The van der Waals surface area contributed by atoms with E-state index in [9.17, 15) is 13.2 Å². The predicted molar refractivity (Wildman–Crippen MR) is 88.6 cm³/mol. The van der Waals surface area contributed by atoms with Gasteiger partial charge in [0.1, 0.15) is 0 Å². The summed E-state index contributed by atoms with van der Waals surface area (Å²) >= 11 is 0. The van der Waals surface area contributed by atoms with Gasteiger partial charge in [0.25, 0.3) is 0 Å². The number of hydrogen-bond acceptors (Lipinski definition) is 5. The van der Waals surface area contributed by atoms with Crippen LogP contribution in [0, 0.1) is 0 Å². The maximum Gasteiger partial charge on any atom is 0.324 e. The summed E-state index contributed by atoms with van der Waals surface area (Å²) in [6.45, 7) is 2.02. The van der Waals surface area contributed by atoms with Crippen molar-refractivity contribution in [3.05, 3.63) is 48.0 Å². The molecule has 0 amide bonds. The molecule has 0 N–H and O–H groups in total. The topological polar surface area (TPSA) is 69.7 Å². The van der Waals surface area contributed by atoms with Crippen molar-refractivity contribution in [2.24, 2.45) is 0 Å². The van der Waals surface area contributed by atoms with Crippen LogP contribution in [0.5, 0.6) is 0 Å². The largest absolute Gasteiger partial charge is 0.381 e. The molecule has 0 spiro atoms. The molecule has 0 atom stereocenters. The summed E-state index contributed by atoms with van der Waals surface area (Å²) in [6, 6.07) is 14.2. The number of hydrogen-bond donors (Lipinski definition) is 0. The fraction of sp³-hybridized carbons (Fsp3) is 0.353. The average molecular weight is 336 g/mol. The van der Waals surface area contributed by atoms with Crippen LogP contribution in [0.15, 0.2) is 42.5 Å². The highest BCUT2D eigenvalue weighted by Gasteiger charge is 2.14. The lowest BCUT2D eigenvalue weighted by Crippen LogP contribution is -2.16. The molecule has 2 aromatic carbocycles. The molecule has 0 saturated heterocycles. The Kier molecular flexibility index (Phi) is 6.12. The Labute approximate surface area is 136 Å². The van der Waals surface area contributed by atoms with Crippen molar-refractivity contribution in [3.8, 4) is 0 Å². The van der Waals surface area contributed by atoms with Gasteiger partial charge >= 0.3 is 16.1 Å². The van der Waals surface area contributed by atoms with Crippen molar-refractivity contribution >= 4 is 26.9 Å². The van der Waals surface area contributed by atoms with Crippen molar-refractivity contribution < 1.29 is 22.1 Å². The maximum atomic E-state index is 11.3. The van der Waals surface area contributed by atoms with Gasteiger partial charge in [0.2, 0.25) is 0 Å². The lowest BCUT2D eigenvalue weighted by molar-refractivity contribution is -0.134. The van der Waals surface area contributed by atoms with Gasteiger partial charge in [-0.3, -0.25) is 4.79 Å². The molecule has 0 aliphatic carbocycles. The van der Waals surface area contributed by atoms with Crippen LogP contribution in [0.2, 0.25) is 0 Å². The summed E-state index contributed by atoms with van der Waals surface area (Å²) in [6.07, 6.45) is 0.651. The average Bonchev–Trinajstić information content (AvgIpc) is 2.54. The first-order valence-corrected chi connectivity index (χ1v) is 9.09. The zero-order chi connectivity index (χ0) is 16.7. The standard InChI is InChI=1S/C17H20O5S/c1-2-23(19,20)22-17(18)11-13-21-12-10-15-8-5-7-14-6-3-4-9-16(14)15/h3-9H,2,10-13H2,1H3. The molecule has 0 aliphatic heterocycles. The Morgan fingerprint density at radius 1 is 1.04 bits per heavy atom. The van der Waals surface area contributed by atoms with Gasteiger partial charge in [-0.25, -0.2) is 0 Å². The molecule has 2 rings (SSSR count). The molecule has 0 unspecified atom stereocenters. The summed E-state index contributed by atoms with van der Waals surface area (Å²) in [5, 5.41) is 2.37. The number of carbonyl (C=O) groups excluding carboxylic acids is 1. The zero-order valence-corrected chi connectivity index (χ0v) is 13.8. The van der Waals surface area contributed by atoms with Crippen LogP contribution in [0.3, 0.4) is 0 Å². The molecule has 2 aromatic rings. The number of fused-ring (bicyclic) bond motifs is 1. The molecule has 0 aliphatic rings. The third-order valence-corrected chi connectivity index (χ3v) is 4.57. The Morgan fingerprint density at radius 3 is 2.57 bits per heavy atom. The van der Waals surface area contributed by atoms with Gasteiger partial charge in [-0.05, 0) is 29.7 Å². The van der Waals surface area contributed by atoms with Gasteiger partial charge in [0.05, 0.1) is 25.4 Å². The molecule has 5 nitrogen and oxygen atoms in total. The van der Waals surface area contributed by atoms with E-state index in [2.05, 4.69) is 22.4 Å². The highest BCUT2D eigenvalue weighted by atomic mass is 32.2. The molecule has 0 heterocycles. The van der Waals surface area contributed by atoms with E-state index in [-0.39, 0.29) is 18.8 Å². The molecule has 0 radical (unpaired) electrons. The molecule has 23 heavy (non-hydrogen) atoms. The lowest BCUT2D eigenvalue weighted by atomic mass is 10.0. The minimum atomic E-state index is -3.73. The molecule has 0 saturated carbocycles. The second kappa shape index (κ2) is 8.08. The second-order valence-corrected chi connectivity index (χ2v) is 6.91. The summed E-state index contributed by atoms with van der Waals surface area (Å²) < 4.78 is 32.0. The molecule has 6 heteroatoms. The fourth-order valence-electron chi connectivity index (χ4n) is 2.19. The summed E-state index contributed by atoms with van der Waals surface area (Å²) in [4.78, 5) is 11.3. The van der Waals surface area contributed by atoms with Crippen molar-refractivity contribution in [1.82, 2.24) is 0 Å². The zero-order valence-electron chi connectivity index (χ0n) is 13.0. The van der Waals surface area contributed by atoms with Gasteiger partial charge in [0, 0.05) is 0 Å². The van der Waals surface area contributed by atoms with Gasteiger partial charge < -0.3 is 8.92 Å². The number of benzene rings is 2. The van der Waals surface area contributed by atoms with E-state index < -0.39 is 16.1 Å². The Bertz CT molecular complexity index is 762. The fourth-order valence-corrected chi connectivity index (χ4v) is 2.68. The molecule has 0 aromatic heterocycles. The normalized spacial score (nSPS) is 11.5. The quantitative estimate of drug-likeness (QED) is 0.547. The van der Waals surface area contributed by atoms with E-state index in [0.29, 0.717) is 6.61 Å². The van der Waals surface area contributed by atoms with E-state index in [1.807, 2.05) is 24.3 Å². The Morgan fingerprint density at radius 2 is 1.78 bits per heavy atom. The van der Waals surface area contributed by atoms with Crippen LogP contribution >= 0.6 is 0 Å². The van der Waals surface area contributed by atoms with Crippen molar-refractivity contribution in [1.29, 1.82) is 0 Å². The Hall–Kier alpha value is -1.92. The Balaban J connectivity index is 1.76. The van der Waals surface area contributed by atoms with Gasteiger partial charge in [-0.15, -0.1) is 0 Å². The van der Waals surface area contributed by atoms with Gasteiger partial charge in [-0.2, -0.15) is 8.42 Å². The maximum absolute atomic E-state index is 11.3. The first-order chi connectivity index (χ1) is 11.0. The third-order valence-electron chi connectivity index (χ3n) is 3.42. The molecule has 0 fully saturated rings. The van der Waals surface area contributed by atoms with E-state index in [4.69, 9.17) is 4.74 Å². The summed E-state index contributed by atoms with van der Waals surface area (Å²) in [7, 11) is -3.73. The SMILES string of the molecule is CCS(=O)(=O)OC(=O)CCOCCc1cccc2ccccc12. The van der Waals surface area contributed by atoms with Crippen LogP contribution in [-0.4, -0.2) is 33.4 Å². The number of carbonyl (C=O) groups is 1. The van der Waals surface area contributed by atoms with Gasteiger partial charge in [-0.1, -0.05) is 42.5 Å². The first kappa shape index (κ1) is 17.4. The van der Waals surface area contributed by atoms with Crippen LogP contribution in [-0.2, 0) is 30.3 Å². The van der Waals surface area contributed by atoms with Crippen molar-refractivity contribution in [2.75, 3.05) is 19.0 Å². The van der Waals surface area contributed by atoms with E-state index >= 15 is 0 Å². The smallest absolute Gasteiger partial charge is 0.324 e. The van der Waals surface area contributed by atoms with Crippen molar-refractivity contribution in [3.63, 3.8) is 0 Å². The highest BCUT2D eigenvalue weighted by molar-refractivity contribution is 7.87. The second-order valence-electron chi connectivity index (χ2n) is 5.05. The molecule has 0 bridgehead atoms. The predicted octanol–water partition coefficient (Wildman–Crippen LogP) is 2.68.